The Morgan fingerprint density at radius 2 is 1.79 bits per heavy atom. The van der Waals surface area contributed by atoms with Gasteiger partial charge in [-0.3, -0.25) is 4.98 Å². The highest BCUT2D eigenvalue weighted by atomic mass is 16.5. The van der Waals surface area contributed by atoms with E-state index in [4.69, 9.17) is 4.74 Å². The van der Waals surface area contributed by atoms with E-state index in [-0.39, 0.29) is 12.1 Å². The number of carbonyl (C=O) groups is 1. The van der Waals surface area contributed by atoms with Crippen LogP contribution in [-0.4, -0.2) is 54.1 Å². The van der Waals surface area contributed by atoms with E-state index in [9.17, 15) is 4.79 Å². The monoisotopic (exact) mass is 389 g/mol. The highest BCUT2D eigenvalue weighted by Crippen LogP contribution is 2.30. The molecule has 0 radical (unpaired) electrons. The number of hydrogen-bond donors (Lipinski definition) is 0. The predicted octanol–water partition coefficient (Wildman–Crippen LogP) is 4.74. The van der Waals surface area contributed by atoms with E-state index in [1.807, 2.05) is 29.3 Å². The van der Waals surface area contributed by atoms with Crippen LogP contribution in [-0.2, 0) is 0 Å². The quantitative estimate of drug-likeness (QED) is 0.650. The Morgan fingerprint density at radius 1 is 1.07 bits per heavy atom. The van der Waals surface area contributed by atoms with Crippen molar-refractivity contribution in [2.24, 2.45) is 0 Å². The number of benzene rings is 2. The van der Waals surface area contributed by atoms with Crippen LogP contribution in [0.3, 0.4) is 0 Å². The first-order chi connectivity index (χ1) is 14.0. The van der Waals surface area contributed by atoms with E-state index in [0.29, 0.717) is 0 Å². The zero-order valence-corrected chi connectivity index (χ0v) is 17.3. The van der Waals surface area contributed by atoms with Crippen LogP contribution in [0.15, 0.2) is 54.7 Å². The lowest BCUT2D eigenvalue weighted by atomic mass is 9.98. The van der Waals surface area contributed by atoms with Gasteiger partial charge in [0.2, 0.25) is 0 Å². The summed E-state index contributed by atoms with van der Waals surface area (Å²) in [5.74, 6) is 0.878. The fourth-order valence-electron chi connectivity index (χ4n) is 3.96. The van der Waals surface area contributed by atoms with Gasteiger partial charge in [0.05, 0.1) is 5.52 Å². The molecule has 5 heteroatoms. The van der Waals surface area contributed by atoms with Crippen LogP contribution in [0.25, 0.3) is 22.0 Å². The first-order valence-corrected chi connectivity index (χ1v) is 10.1. The molecule has 2 aromatic carbocycles. The molecule has 1 aromatic heterocycles. The van der Waals surface area contributed by atoms with Crippen LogP contribution in [0, 0.1) is 6.92 Å². The second kappa shape index (κ2) is 8.11. The summed E-state index contributed by atoms with van der Waals surface area (Å²) < 4.78 is 6.17. The van der Waals surface area contributed by atoms with E-state index in [1.54, 1.807) is 19.0 Å². The fourth-order valence-corrected chi connectivity index (χ4v) is 3.96. The molecule has 0 atom stereocenters. The molecule has 1 aliphatic rings. The number of likely N-dealkylation sites (tertiary alicyclic amines) is 1. The minimum absolute atomic E-state index is 0.0769. The molecule has 0 spiro atoms. The Labute approximate surface area is 171 Å². The lowest BCUT2D eigenvalue weighted by Crippen LogP contribution is -2.46. The molecule has 1 fully saturated rings. The number of ether oxygens (including phenoxy) is 1. The average Bonchev–Trinajstić information content (AvgIpc) is 2.75. The van der Waals surface area contributed by atoms with Gasteiger partial charge in [-0.1, -0.05) is 30.3 Å². The number of nitrogens with zero attached hydrogens (tertiary/aromatic N) is 3. The Bertz CT molecular complexity index is 1010. The van der Waals surface area contributed by atoms with Gasteiger partial charge in [0.15, 0.2) is 0 Å². The van der Waals surface area contributed by atoms with Crippen LogP contribution >= 0.6 is 0 Å². The number of carbonyl (C=O) groups excluding carboxylic acids is 1. The van der Waals surface area contributed by atoms with Gasteiger partial charge in [0, 0.05) is 51.6 Å². The number of fused-ring (bicyclic) bond motifs is 1. The zero-order valence-electron chi connectivity index (χ0n) is 17.3. The molecule has 5 nitrogen and oxygen atoms in total. The van der Waals surface area contributed by atoms with E-state index in [0.717, 1.165) is 48.1 Å². The van der Waals surface area contributed by atoms with E-state index >= 15 is 0 Å². The number of pyridine rings is 1. The molecule has 1 saturated heterocycles. The van der Waals surface area contributed by atoms with Crippen molar-refractivity contribution in [3.8, 4) is 16.9 Å². The van der Waals surface area contributed by atoms with Crippen molar-refractivity contribution < 1.29 is 9.53 Å². The van der Waals surface area contributed by atoms with Gasteiger partial charge >= 0.3 is 6.03 Å². The summed E-state index contributed by atoms with van der Waals surface area (Å²) in [6.07, 6.45) is 3.71. The SMILES string of the molecule is Cc1c(-c2ccc(OC3CCN(C(=O)N(C)C)CC3)cc2)ccc2cccnc12. The number of amides is 2. The highest BCUT2D eigenvalue weighted by Gasteiger charge is 2.24. The molecule has 1 aliphatic heterocycles. The molecule has 2 amide bonds. The molecule has 0 N–H and O–H groups in total. The number of aromatic nitrogens is 1. The summed E-state index contributed by atoms with van der Waals surface area (Å²) in [4.78, 5) is 20.1. The standard InChI is InChI=1S/C24H27N3O2/c1-17-22(11-8-19-5-4-14-25-23(17)19)18-6-9-20(10-7-18)29-21-12-15-27(16-13-21)24(28)26(2)3/h4-11,14,21H,12-13,15-16H2,1-3H3. The van der Waals surface area contributed by atoms with Crippen LogP contribution in [0.2, 0.25) is 0 Å². The molecule has 2 heterocycles. The van der Waals surface area contributed by atoms with Crippen molar-refractivity contribution in [2.45, 2.75) is 25.9 Å². The molecule has 0 aliphatic carbocycles. The van der Waals surface area contributed by atoms with Gasteiger partial charge in [-0.2, -0.15) is 0 Å². The van der Waals surface area contributed by atoms with Crippen molar-refractivity contribution in [3.05, 3.63) is 60.3 Å². The maximum absolute atomic E-state index is 12.1. The van der Waals surface area contributed by atoms with Crippen LogP contribution in [0.1, 0.15) is 18.4 Å². The summed E-state index contributed by atoms with van der Waals surface area (Å²) in [7, 11) is 3.58. The highest BCUT2D eigenvalue weighted by molar-refractivity contribution is 5.88. The van der Waals surface area contributed by atoms with Crippen molar-refractivity contribution >= 4 is 16.9 Å². The number of piperidine rings is 1. The van der Waals surface area contributed by atoms with Crippen molar-refractivity contribution in [3.63, 3.8) is 0 Å². The molecule has 150 valence electrons. The lowest BCUT2D eigenvalue weighted by molar-refractivity contribution is 0.101. The van der Waals surface area contributed by atoms with Crippen molar-refractivity contribution in [2.75, 3.05) is 27.2 Å². The van der Waals surface area contributed by atoms with Crippen molar-refractivity contribution in [1.82, 2.24) is 14.8 Å². The lowest BCUT2D eigenvalue weighted by Gasteiger charge is -2.33. The molecule has 4 rings (SSSR count). The summed E-state index contributed by atoms with van der Waals surface area (Å²) in [6, 6.07) is 16.7. The minimum Gasteiger partial charge on any atom is -0.490 e. The number of hydrogen-bond acceptors (Lipinski definition) is 3. The van der Waals surface area contributed by atoms with Crippen molar-refractivity contribution in [1.29, 1.82) is 0 Å². The van der Waals surface area contributed by atoms with E-state index < -0.39 is 0 Å². The Hall–Kier alpha value is -3.08. The third-order valence-electron chi connectivity index (χ3n) is 5.59. The van der Waals surface area contributed by atoms with Gasteiger partial charge in [-0.25, -0.2) is 4.79 Å². The van der Waals surface area contributed by atoms with Gasteiger partial charge in [0.1, 0.15) is 11.9 Å². The third-order valence-corrected chi connectivity index (χ3v) is 5.59. The smallest absolute Gasteiger partial charge is 0.319 e. The number of rotatable bonds is 3. The minimum atomic E-state index is 0.0769. The second-order valence-electron chi connectivity index (χ2n) is 7.82. The fraction of sp³-hybridized carbons (Fsp3) is 0.333. The average molecular weight is 389 g/mol. The maximum Gasteiger partial charge on any atom is 0.319 e. The molecular weight excluding hydrogens is 362 g/mol. The van der Waals surface area contributed by atoms with Gasteiger partial charge in [-0.15, -0.1) is 0 Å². The van der Waals surface area contributed by atoms with E-state index in [1.165, 1.54) is 11.1 Å². The first kappa shape index (κ1) is 19.2. The van der Waals surface area contributed by atoms with Gasteiger partial charge < -0.3 is 14.5 Å². The normalized spacial score (nSPS) is 14.8. The molecular formula is C24H27N3O2. The Kier molecular flexibility index (Phi) is 5.38. The summed E-state index contributed by atoms with van der Waals surface area (Å²) in [5, 5.41) is 1.16. The third kappa shape index (κ3) is 4.04. The maximum atomic E-state index is 12.1. The number of aryl methyl sites for hydroxylation is 1. The molecule has 0 unspecified atom stereocenters. The van der Waals surface area contributed by atoms with Gasteiger partial charge in [0.25, 0.3) is 0 Å². The summed E-state index contributed by atoms with van der Waals surface area (Å²) >= 11 is 0. The molecule has 29 heavy (non-hydrogen) atoms. The molecule has 3 aromatic rings. The number of urea groups is 1. The first-order valence-electron chi connectivity index (χ1n) is 10.1. The second-order valence-corrected chi connectivity index (χ2v) is 7.82. The Balaban J connectivity index is 1.43. The van der Waals surface area contributed by atoms with Crippen LogP contribution < -0.4 is 4.74 Å². The predicted molar refractivity (Wildman–Crippen MR) is 116 cm³/mol. The van der Waals surface area contributed by atoms with Crippen LogP contribution in [0.5, 0.6) is 5.75 Å². The van der Waals surface area contributed by atoms with Gasteiger partial charge in [-0.05, 0) is 41.8 Å². The zero-order chi connectivity index (χ0) is 20.4. The van der Waals surface area contributed by atoms with E-state index in [2.05, 4.69) is 42.2 Å². The Morgan fingerprint density at radius 3 is 2.48 bits per heavy atom. The summed E-state index contributed by atoms with van der Waals surface area (Å²) in [5.41, 5.74) is 4.59. The van der Waals surface area contributed by atoms with Crippen LogP contribution in [0.4, 0.5) is 4.79 Å². The molecule has 0 bridgehead atoms. The summed E-state index contributed by atoms with van der Waals surface area (Å²) in [6.45, 7) is 3.60. The molecule has 0 saturated carbocycles. The largest absolute Gasteiger partial charge is 0.490 e. The topological polar surface area (TPSA) is 45.7 Å².